The maximum absolute atomic E-state index is 11.3. The van der Waals surface area contributed by atoms with Gasteiger partial charge < -0.3 is 14.2 Å². The lowest BCUT2D eigenvalue weighted by molar-refractivity contribution is -0.129. The number of hydrogen-bond acceptors (Lipinski definition) is 5. The highest BCUT2D eigenvalue weighted by Gasteiger charge is 2.18. The molecule has 0 spiro atoms. The van der Waals surface area contributed by atoms with E-state index in [9.17, 15) is 4.79 Å². The Morgan fingerprint density at radius 3 is 2.42 bits per heavy atom. The molecule has 0 aliphatic carbocycles. The Hall–Kier alpha value is -1.62. The summed E-state index contributed by atoms with van der Waals surface area (Å²) in [6, 6.07) is 1.63. The van der Waals surface area contributed by atoms with Crippen LogP contribution in [0.15, 0.2) is 23.6 Å². The Bertz CT molecular complexity index is 483. The van der Waals surface area contributed by atoms with Crippen molar-refractivity contribution >= 4 is 18.6 Å². The number of carbonyl (C=O) groups is 1. The van der Waals surface area contributed by atoms with Gasteiger partial charge in [-0.15, -0.1) is 12.6 Å². The SMILES string of the molecule is C=CC(=O)Oc1cc(S)c(OCC)c(OCC)c1C. The molecule has 1 aromatic rings. The van der Waals surface area contributed by atoms with Crippen LogP contribution in [-0.4, -0.2) is 19.2 Å². The van der Waals surface area contributed by atoms with Gasteiger partial charge in [0.15, 0.2) is 11.5 Å². The molecule has 0 radical (unpaired) electrons. The van der Waals surface area contributed by atoms with Crippen LogP contribution in [-0.2, 0) is 4.79 Å². The third kappa shape index (κ3) is 3.67. The number of esters is 1. The summed E-state index contributed by atoms with van der Waals surface area (Å²) in [5.74, 6) is 0.969. The van der Waals surface area contributed by atoms with Crippen molar-refractivity contribution in [3.8, 4) is 17.2 Å². The van der Waals surface area contributed by atoms with Gasteiger partial charge in [0.25, 0.3) is 0 Å². The molecule has 0 saturated carbocycles. The van der Waals surface area contributed by atoms with Crippen molar-refractivity contribution in [2.45, 2.75) is 25.7 Å². The first-order valence-corrected chi connectivity index (χ1v) is 6.46. The standard InChI is InChI=1S/C14H18O4S/c1-5-12(15)18-10-8-11(19)14(17-7-3)13(9(10)4)16-6-2/h5,8,19H,1,6-7H2,2-4H3. The molecule has 19 heavy (non-hydrogen) atoms. The lowest BCUT2D eigenvalue weighted by Gasteiger charge is -2.17. The van der Waals surface area contributed by atoms with E-state index in [1.54, 1.807) is 13.0 Å². The molecule has 1 aromatic carbocycles. The van der Waals surface area contributed by atoms with Crippen molar-refractivity contribution in [1.29, 1.82) is 0 Å². The monoisotopic (exact) mass is 282 g/mol. The Balaban J connectivity index is 3.28. The summed E-state index contributed by atoms with van der Waals surface area (Å²) in [5, 5.41) is 0. The topological polar surface area (TPSA) is 44.8 Å². The molecular formula is C14H18O4S. The van der Waals surface area contributed by atoms with E-state index in [2.05, 4.69) is 19.2 Å². The van der Waals surface area contributed by atoms with E-state index in [0.717, 1.165) is 6.08 Å². The molecule has 104 valence electrons. The number of thiol groups is 1. The maximum Gasteiger partial charge on any atom is 0.335 e. The number of benzene rings is 1. The zero-order valence-corrected chi connectivity index (χ0v) is 12.3. The Morgan fingerprint density at radius 1 is 1.32 bits per heavy atom. The summed E-state index contributed by atoms with van der Waals surface area (Å²) in [4.78, 5) is 11.8. The smallest absolute Gasteiger partial charge is 0.335 e. The summed E-state index contributed by atoms with van der Waals surface area (Å²) in [7, 11) is 0. The number of ether oxygens (including phenoxy) is 3. The van der Waals surface area contributed by atoms with Crippen molar-refractivity contribution in [2.24, 2.45) is 0 Å². The summed E-state index contributed by atoms with van der Waals surface area (Å²) in [6.07, 6.45) is 1.11. The van der Waals surface area contributed by atoms with Crippen LogP contribution >= 0.6 is 12.6 Å². The van der Waals surface area contributed by atoms with E-state index in [0.29, 0.717) is 40.9 Å². The minimum atomic E-state index is -0.526. The highest BCUT2D eigenvalue weighted by Crippen LogP contribution is 2.42. The van der Waals surface area contributed by atoms with E-state index in [4.69, 9.17) is 14.2 Å². The second kappa shape index (κ2) is 7.09. The first-order valence-electron chi connectivity index (χ1n) is 6.01. The van der Waals surface area contributed by atoms with Gasteiger partial charge in [-0.2, -0.15) is 0 Å². The zero-order chi connectivity index (χ0) is 14.4. The largest absolute Gasteiger partial charge is 0.490 e. The molecule has 1 rings (SSSR count). The van der Waals surface area contributed by atoms with Crippen LogP contribution < -0.4 is 14.2 Å². The van der Waals surface area contributed by atoms with Crippen molar-refractivity contribution in [1.82, 2.24) is 0 Å². The van der Waals surface area contributed by atoms with E-state index in [1.807, 2.05) is 13.8 Å². The first kappa shape index (κ1) is 15.4. The van der Waals surface area contributed by atoms with Crippen LogP contribution in [0.4, 0.5) is 0 Å². The van der Waals surface area contributed by atoms with Gasteiger partial charge in [0.2, 0.25) is 0 Å². The minimum Gasteiger partial charge on any atom is -0.490 e. The van der Waals surface area contributed by atoms with Gasteiger partial charge in [0.1, 0.15) is 5.75 Å². The normalized spacial score (nSPS) is 9.89. The molecule has 0 atom stereocenters. The van der Waals surface area contributed by atoms with Crippen LogP contribution in [0.2, 0.25) is 0 Å². The fourth-order valence-electron chi connectivity index (χ4n) is 1.55. The quantitative estimate of drug-likeness (QED) is 0.377. The van der Waals surface area contributed by atoms with Crippen molar-refractivity contribution < 1.29 is 19.0 Å². The van der Waals surface area contributed by atoms with E-state index < -0.39 is 5.97 Å². The Morgan fingerprint density at radius 2 is 1.89 bits per heavy atom. The molecule has 0 saturated heterocycles. The lowest BCUT2D eigenvalue weighted by atomic mass is 10.2. The third-order valence-electron chi connectivity index (χ3n) is 2.37. The molecule has 4 nitrogen and oxygen atoms in total. The molecule has 0 amide bonds. The first-order chi connectivity index (χ1) is 9.04. The van der Waals surface area contributed by atoms with Crippen LogP contribution in [0.1, 0.15) is 19.4 Å². The highest BCUT2D eigenvalue weighted by molar-refractivity contribution is 7.80. The van der Waals surface area contributed by atoms with Gasteiger partial charge in [0, 0.05) is 11.6 Å². The number of hydrogen-bond donors (Lipinski definition) is 1. The molecule has 0 fully saturated rings. The van der Waals surface area contributed by atoms with E-state index in [1.165, 1.54) is 0 Å². The molecule has 0 heterocycles. The fraction of sp³-hybridized carbons (Fsp3) is 0.357. The van der Waals surface area contributed by atoms with E-state index >= 15 is 0 Å². The molecule has 0 aliphatic rings. The predicted molar refractivity (Wildman–Crippen MR) is 76.6 cm³/mol. The number of carbonyl (C=O) groups excluding carboxylic acids is 1. The average Bonchev–Trinajstić information content (AvgIpc) is 2.39. The van der Waals surface area contributed by atoms with Crippen LogP contribution in [0.25, 0.3) is 0 Å². The van der Waals surface area contributed by atoms with Gasteiger partial charge in [-0.25, -0.2) is 4.79 Å². The van der Waals surface area contributed by atoms with Crippen LogP contribution in [0, 0.1) is 6.92 Å². The van der Waals surface area contributed by atoms with Crippen LogP contribution in [0.5, 0.6) is 17.2 Å². The second-order valence-corrected chi connectivity index (χ2v) is 4.15. The molecule has 0 unspecified atom stereocenters. The van der Waals surface area contributed by atoms with E-state index in [-0.39, 0.29) is 0 Å². The lowest BCUT2D eigenvalue weighted by Crippen LogP contribution is -2.07. The van der Waals surface area contributed by atoms with Crippen molar-refractivity contribution in [3.05, 3.63) is 24.3 Å². The highest BCUT2D eigenvalue weighted by atomic mass is 32.1. The number of rotatable bonds is 6. The van der Waals surface area contributed by atoms with Gasteiger partial charge in [-0.05, 0) is 26.8 Å². The van der Waals surface area contributed by atoms with Crippen molar-refractivity contribution in [3.63, 3.8) is 0 Å². The summed E-state index contributed by atoms with van der Waals surface area (Å²) in [6.45, 7) is 9.89. The molecule has 0 bridgehead atoms. The Labute approximate surface area is 118 Å². The minimum absolute atomic E-state index is 0.391. The third-order valence-corrected chi connectivity index (χ3v) is 2.70. The second-order valence-electron chi connectivity index (χ2n) is 3.67. The van der Waals surface area contributed by atoms with Gasteiger partial charge >= 0.3 is 5.97 Å². The molecule has 0 aromatic heterocycles. The summed E-state index contributed by atoms with van der Waals surface area (Å²) >= 11 is 4.34. The molecule has 5 heteroatoms. The Kier molecular flexibility index (Phi) is 5.76. The van der Waals surface area contributed by atoms with Crippen LogP contribution in [0.3, 0.4) is 0 Å². The molecular weight excluding hydrogens is 264 g/mol. The van der Waals surface area contributed by atoms with Gasteiger partial charge in [-0.1, -0.05) is 6.58 Å². The van der Waals surface area contributed by atoms with Crippen molar-refractivity contribution in [2.75, 3.05) is 13.2 Å². The summed E-state index contributed by atoms with van der Waals surface area (Å²) < 4.78 is 16.2. The fourth-order valence-corrected chi connectivity index (χ4v) is 1.84. The summed E-state index contributed by atoms with van der Waals surface area (Å²) in [5.41, 5.74) is 0.693. The van der Waals surface area contributed by atoms with Gasteiger partial charge in [-0.3, -0.25) is 0 Å². The predicted octanol–water partition coefficient (Wildman–Crippen LogP) is 3.17. The molecule has 0 N–H and O–H groups in total. The maximum atomic E-state index is 11.3. The molecule has 0 aliphatic heterocycles. The van der Waals surface area contributed by atoms with Gasteiger partial charge in [0.05, 0.1) is 18.1 Å². The average molecular weight is 282 g/mol. The zero-order valence-electron chi connectivity index (χ0n) is 11.4.